The van der Waals surface area contributed by atoms with E-state index in [4.69, 9.17) is 10.5 Å². The van der Waals surface area contributed by atoms with Crippen molar-refractivity contribution in [3.8, 4) is 0 Å². The molecule has 0 aromatic carbocycles. The molecule has 0 saturated heterocycles. The molecule has 2 N–H and O–H groups in total. The Morgan fingerprint density at radius 2 is 2.00 bits per heavy atom. The Hall–Kier alpha value is -2.38. The molecule has 0 radical (unpaired) electrons. The topological polar surface area (TPSA) is 75.1 Å². The summed E-state index contributed by atoms with van der Waals surface area (Å²) in [6, 6.07) is 8.72. The molecule has 0 unspecified atom stereocenters. The number of aromatic nitrogens is 3. The van der Waals surface area contributed by atoms with Crippen LogP contribution in [-0.2, 0) is 24.4 Å². The monoisotopic (exact) mass is 426 g/mol. The third kappa shape index (κ3) is 5.40. The van der Waals surface area contributed by atoms with E-state index in [2.05, 4.69) is 55.2 Å². The highest BCUT2D eigenvalue weighted by Gasteiger charge is 2.17. The Morgan fingerprint density at radius 3 is 2.70 bits per heavy atom. The van der Waals surface area contributed by atoms with Gasteiger partial charge in [-0.25, -0.2) is 0 Å². The summed E-state index contributed by atoms with van der Waals surface area (Å²) in [5, 5.41) is 0. The Kier molecular flexibility index (Phi) is 6.83. The van der Waals surface area contributed by atoms with Gasteiger partial charge in [-0.05, 0) is 48.2 Å². The number of nitrogens with zero attached hydrogens (tertiary/aromatic N) is 3. The minimum Gasteiger partial charge on any atom is -0.394 e. The third-order valence-corrected chi connectivity index (χ3v) is 6.89. The fourth-order valence-corrected chi connectivity index (χ4v) is 4.34. The molecular formula is C23H34N4O2Si. The van der Waals surface area contributed by atoms with Crippen LogP contribution in [0.25, 0.3) is 11.0 Å². The van der Waals surface area contributed by atoms with Gasteiger partial charge in [-0.15, -0.1) is 0 Å². The number of ether oxygens (including phenoxy) is 1. The van der Waals surface area contributed by atoms with E-state index < -0.39 is 8.07 Å². The number of anilines is 1. The van der Waals surface area contributed by atoms with E-state index in [9.17, 15) is 4.79 Å². The number of rotatable bonds is 9. The van der Waals surface area contributed by atoms with Crippen LogP contribution in [-0.4, -0.2) is 28.8 Å². The van der Waals surface area contributed by atoms with Gasteiger partial charge in [0.1, 0.15) is 6.73 Å². The van der Waals surface area contributed by atoms with Crippen LogP contribution in [0.15, 0.2) is 41.5 Å². The summed E-state index contributed by atoms with van der Waals surface area (Å²) in [7, 11) is -1.16. The van der Waals surface area contributed by atoms with Gasteiger partial charge in [0.15, 0.2) is 0 Å². The molecule has 6 nitrogen and oxygen atoms in total. The first-order valence-electron chi connectivity index (χ1n) is 10.6. The Bertz CT molecular complexity index is 1060. The van der Waals surface area contributed by atoms with E-state index in [1.165, 1.54) is 5.56 Å². The summed E-state index contributed by atoms with van der Waals surface area (Å²) < 4.78 is 9.94. The molecule has 0 atom stereocenters. The number of hydrogen-bond acceptors (Lipinski definition) is 4. The summed E-state index contributed by atoms with van der Waals surface area (Å²) in [5.74, 6) is 0.534. The highest BCUT2D eigenvalue weighted by Crippen LogP contribution is 2.25. The highest BCUT2D eigenvalue weighted by atomic mass is 28.3. The van der Waals surface area contributed by atoms with Gasteiger partial charge in [-0.1, -0.05) is 33.5 Å². The summed E-state index contributed by atoms with van der Waals surface area (Å²) in [6.45, 7) is 13.1. The zero-order chi connectivity index (χ0) is 21.9. The van der Waals surface area contributed by atoms with Crippen molar-refractivity contribution in [1.29, 1.82) is 0 Å². The molecule has 7 heteroatoms. The summed E-state index contributed by atoms with van der Waals surface area (Å²) in [5.41, 5.74) is 10.2. The van der Waals surface area contributed by atoms with Gasteiger partial charge in [0, 0.05) is 32.8 Å². The normalized spacial score (nSPS) is 12.2. The van der Waals surface area contributed by atoms with Crippen molar-refractivity contribution >= 4 is 24.8 Å². The lowest BCUT2D eigenvalue weighted by Gasteiger charge is -2.18. The van der Waals surface area contributed by atoms with Gasteiger partial charge in [0.05, 0.1) is 23.3 Å². The molecule has 0 saturated carbocycles. The predicted octanol–water partition coefficient (Wildman–Crippen LogP) is 4.34. The van der Waals surface area contributed by atoms with Crippen molar-refractivity contribution in [2.24, 2.45) is 5.92 Å². The Labute approximate surface area is 179 Å². The van der Waals surface area contributed by atoms with Gasteiger partial charge in [-0.2, -0.15) is 0 Å². The largest absolute Gasteiger partial charge is 0.394 e. The molecule has 162 valence electrons. The second-order valence-electron chi connectivity index (χ2n) is 9.61. The van der Waals surface area contributed by atoms with Crippen molar-refractivity contribution in [1.82, 2.24) is 14.1 Å². The van der Waals surface area contributed by atoms with Crippen molar-refractivity contribution < 1.29 is 4.74 Å². The molecule has 3 aromatic heterocycles. The molecule has 30 heavy (non-hydrogen) atoms. The lowest BCUT2D eigenvalue weighted by Crippen LogP contribution is -2.24. The standard InChI is InChI=1S/C23H34N4O2Si/c1-17(2)13-18-8-9-25-21-14-19(15-26-10-6-7-20(24)23(26)28)27(22(18)21)16-29-11-12-30(3,4)5/h6-10,14,17H,11-13,15-16,24H2,1-5H3. The Balaban J connectivity index is 1.99. The van der Waals surface area contributed by atoms with Crippen molar-refractivity contribution in [3.63, 3.8) is 0 Å². The van der Waals surface area contributed by atoms with Crippen molar-refractivity contribution in [2.45, 2.75) is 59.2 Å². The first-order chi connectivity index (χ1) is 14.2. The SMILES string of the molecule is CC(C)Cc1ccnc2cc(Cn3cccc(N)c3=O)n(COCC[Si](C)(C)C)c12. The zero-order valence-corrected chi connectivity index (χ0v) is 19.8. The summed E-state index contributed by atoms with van der Waals surface area (Å²) in [4.78, 5) is 17.1. The van der Waals surface area contributed by atoms with Crippen LogP contribution < -0.4 is 11.3 Å². The van der Waals surface area contributed by atoms with Crippen LogP contribution in [0, 0.1) is 5.92 Å². The number of nitrogen functional groups attached to an aromatic ring is 1. The van der Waals surface area contributed by atoms with Gasteiger partial charge >= 0.3 is 0 Å². The molecule has 0 fully saturated rings. The van der Waals surface area contributed by atoms with E-state index in [1.54, 1.807) is 22.9 Å². The predicted molar refractivity (Wildman–Crippen MR) is 127 cm³/mol. The van der Waals surface area contributed by atoms with Gasteiger partial charge < -0.3 is 19.6 Å². The summed E-state index contributed by atoms with van der Waals surface area (Å²) >= 11 is 0. The molecule has 0 amide bonds. The summed E-state index contributed by atoms with van der Waals surface area (Å²) in [6.07, 6.45) is 4.61. The van der Waals surface area contributed by atoms with E-state index >= 15 is 0 Å². The van der Waals surface area contributed by atoms with E-state index in [0.29, 0.717) is 19.2 Å². The van der Waals surface area contributed by atoms with Crippen LogP contribution >= 0.6 is 0 Å². The number of nitrogens with two attached hydrogens (primary N) is 1. The molecular weight excluding hydrogens is 392 g/mol. The molecule has 0 spiro atoms. The lowest BCUT2D eigenvalue weighted by molar-refractivity contribution is 0.0881. The first-order valence-corrected chi connectivity index (χ1v) is 14.3. The average molecular weight is 427 g/mol. The maximum absolute atomic E-state index is 12.5. The molecule has 0 aliphatic carbocycles. The highest BCUT2D eigenvalue weighted by molar-refractivity contribution is 6.76. The smallest absolute Gasteiger partial charge is 0.274 e. The van der Waals surface area contributed by atoms with Crippen molar-refractivity contribution in [3.05, 3.63) is 58.3 Å². The van der Waals surface area contributed by atoms with E-state index in [1.807, 2.05) is 6.20 Å². The number of fused-ring (bicyclic) bond motifs is 1. The maximum Gasteiger partial charge on any atom is 0.274 e. The molecule has 3 rings (SSSR count). The molecule has 0 aliphatic heterocycles. The first kappa shape index (κ1) is 22.3. The average Bonchev–Trinajstić information content (AvgIpc) is 2.99. The third-order valence-electron chi connectivity index (χ3n) is 5.18. The van der Waals surface area contributed by atoms with Gasteiger partial charge in [-0.3, -0.25) is 9.78 Å². The zero-order valence-electron chi connectivity index (χ0n) is 18.8. The van der Waals surface area contributed by atoms with Crippen LogP contribution in [0.5, 0.6) is 0 Å². The fraction of sp³-hybridized carbons (Fsp3) is 0.478. The quantitative estimate of drug-likeness (QED) is 0.408. The van der Waals surface area contributed by atoms with Gasteiger partial charge in [0.25, 0.3) is 5.56 Å². The molecule has 0 bridgehead atoms. The van der Waals surface area contributed by atoms with Crippen LogP contribution in [0.1, 0.15) is 25.1 Å². The molecule has 0 aliphatic rings. The minimum absolute atomic E-state index is 0.177. The lowest BCUT2D eigenvalue weighted by atomic mass is 10.0. The van der Waals surface area contributed by atoms with Crippen molar-refractivity contribution in [2.75, 3.05) is 12.3 Å². The molecule has 3 heterocycles. The molecule has 3 aromatic rings. The number of pyridine rings is 2. The van der Waals surface area contributed by atoms with Gasteiger partial charge in [0.2, 0.25) is 0 Å². The van der Waals surface area contributed by atoms with Crippen LogP contribution in [0.4, 0.5) is 5.69 Å². The van der Waals surface area contributed by atoms with Crippen LogP contribution in [0.3, 0.4) is 0 Å². The fourth-order valence-electron chi connectivity index (χ4n) is 3.58. The second-order valence-corrected chi connectivity index (χ2v) is 15.2. The van der Waals surface area contributed by atoms with E-state index in [0.717, 1.165) is 35.8 Å². The number of hydrogen-bond donors (Lipinski definition) is 1. The van der Waals surface area contributed by atoms with E-state index in [-0.39, 0.29) is 11.2 Å². The second kappa shape index (κ2) is 9.18. The maximum atomic E-state index is 12.5. The van der Waals surface area contributed by atoms with Crippen LogP contribution in [0.2, 0.25) is 25.7 Å². The minimum atomic E-state index is -1.16. The Morgan fingerprint density at radius 1 is 1.23 bits per heavy atom.